The first-order valence-electron chi connectivity index (χ1n) is 4.15. The molecule has 0 aliphatic heterocycles. The molecule has 0 aromatic carbocycles. The van der Waals surface area contributed by atoms with Crippen LogP contribution in [0.3, 0.4) is 0 Å². The fourth-order valence-electron chi connectivity index (χ4n) is 0.735. The van der Waals surface area contributed by atoms with E-state index in [0.717, 1.165) is 0 Å². The summed E-state index contributed by atoms with van der Waals surface area (Å²) in [7, 11) is 0. The van der Waals surface area contributed by atoms with Gasteiger partial charge >= 0.3 is 0 Å². The van der Waals surface area contributed by atoms with Crippen molar-refractivity contribution in [1.29, 1.82) is 0 Å². The lowest BCUT2D eigenvalue weighted by molar-refractivity contribution is 1.17. The number of hydrogen-bond donors (Lipinski definition) is 1. The maximum absolute atomic E-state index is 5.40. The minimum absolute atomic E-state index is 0.394. The highest BCUT2D eigenvalue weighted by atomic mass is 14.9. The molecule has 1 aromatic heterocycles. The largest absolute Gasteiger partial charge is 0.382 e. The van der Waals surface area contributed by atoms with Gasteiger partial charge in [0.1, 0.15) is 5.82 Å². The van der Waals surface area contributed by atoms with Gasteiger partial charge < -0.3 is 5.73 Å². The second-order valence-corrected chi connectivity index (χ2v) is 1.97. The molecule has 70 valence electrons. The minimum atomic E-state index is 0.394. The van der Waals surface area contributed by atoms with Crippen LogP contribution >= 0.6 is 0 Å². The summed E-state index contributed by atoms with van der Waals surface area (Å²) in [6.45, 7) is 11.2. The lowest BCUT2D eigenvalue weighted by Crippen LogP contribution is -1.96. The van der Waals surface area contributed by atoms with Crippen molar-refractivity contribution < 1.29 is 0 Å². The lowest BCUT2D eigenvalue weighted by atomic mass is 10.3. The monoisotopic (exact) mass is 177 g/mol. The molecule has 3 nitrogen and oxygen atoms in total. The molecule has 0 spiro atoms. The van der Waals surface area contributed by atoms with Crippen LogP contribution in [0.1, 0.15) is 25.2 Å². The molecule has 0 aliphatic carbocycles. The Morgan fingerprint density at radius 3 is 2.23 bits per heavy atom. The quantitative estimate of drug-likeness (QED) is 0.754. The number of nitrogen functional groups attached to an aromatic ring is 1. The lowest BCUT2D eigenvalue weighted by Gasteiger charge is -1.98. The SMILES string of the molecule is C=Cc1ncc(N)nc1C=C.CC. The van der Waals surface area contributed by atoms with Gasteiger partial charge in [0.2, 0.25) is 0 Å². The maximum Gasteiger partial charge on any atom is 0.142 e. The van der Waals surface area contributed by atoms with Crippen molar-refractivity contribution in [3.63, 3.8) is 0 Å². The summed E-state index contributed by atoms with van der Waals surface area (Å²) in [4.78, 5) is 7.98. The van der Waals surface area contributed by atoms with E-state index < -0.39 is 0 Å². The van der Waals surface area contributed by atoms with Crippen LogP contribution in [0.15, 0.2) is 19.4 Å². The third kappa shape index (κ3) is 3.07. The van der Waals surface area contributed by atoms with E-state index in [1.54, 1.807) is 12.2 Å². The van der Waals surface area contributed by atoms with Gasteiger partial charge in [-0.2, -0.15) is 0 Å². The Bertz CT molecular complexity index is 292. The first kappa shape index (κ1) is 11.4. The third-order valence-corrected chi connectivity index (χ3v) is 1.23. The first-order valence-corrected chi connectivity index (χ1v) is 4.15. The summed E-state index contributed by atoms with van der Waals surface area (Å²) in [5.41, 5.74) is 6.77. The van der Waals surface area contributed by atoms with Gasteiger partial charge in [-0.15, -0.1) is 0 Å². The highest BCUT2D eigenvalue weighted by molar-refractivity contribution is 5.58. The van der Waals surface area contributed by atoms with Crippen LogP contribution in [0.2, 0.25) is 0 Å². The summed E-state index contributed by atoms with van der Waals surface area (Å²) in [5.74, 6) is 0.394. The number of nitrogens with two attached hydrogens (primary N) is 1. The Morgan fingerprint density at radius 1 is 1.23 bits per heavy atom. The van der Waals surface area contributed by atoms with Crippen molar-refractivity contribution >= 4 is 18.0 Å². The highest BCUT2D eigenvalue weighted by Gasteiger charge is 1.97. The maximum atomic E-state index is 5.40. The second kappa shape index (κ2) is 5.94. The van der Waals surface area contributed by atoms with E-state index in [1.807, 2.05) is 13.8 Å². The fraction of sp³-hybridized carbons (Fsp3) is 0.200. The molecule has 0 fully saturated rings. The zero-order chi connectivity index (χ0) is 10.3. The van der Waals surface area contributed by atoms with Gasteiger partial charge in [-0.1, -0.05) is 27.0 Å². The molecule has 0 atom stereocenters. The average Bonchev–Trinajstić information content (AvgIpc) is 2.20. The molecule has 0 unspecified atom stereocenters. The van der Waals surface area contributed by atoms with Crippen LogP contribution in [0, 0.1) is 0 Å². The summed E-state index contributed by atoms with van der Waals surface area (Å²) >= 11 is 0. The van der Waals surface area contributed by atoms with Crippen molar-refractivity contribution in [1.82, 2.24) is 9.97 Å². The Balaban J connectivity index is 0.000000671. The molecule has 0 saturated carbocycles. The van der Waals surface area contributed by atoms with Crippen LogP contribution in [0.5, 0.6) is 0 Å². The van der Waals surface area contributed by atoms with E-state index >= 15 is 0 Å². The van der Waals surface area contributed by atoms with Gasteiger partial charge in [0.25, 0.3) is 0 Å². The average molecular weight is 177 g/mol. The smallest absolute Gasteiger partial charge is 0.142 e. The van der Waals surface area contributed by atoms with Gasteiger partial charge in [-0.3, -0.25) is 4.98 Å². The van der Waals surface area contributed by atoms with Crippen molar-refractivity contribution in [3.05, 3.63) is 30.7 Å². The molecule has 2 N–H and O–H groups in total. The van der Waals surface area contributed by atoms with Gasteiger partial charge in [-0.05, 0) is 12.2 Å². The minimum Gasteiger partial charge on any atom is -0.382 e. The predicted molar refractivity (Wildman–Crippen MR) is 58.0 cm³/mol. The van der Waals surface area contributed by atoms with Crippen molar-refractivity contribution in [2.75, 3.05) is 5.73 Å². The summed E-state index contributed by atoms with van der Waals surface area (Å²) in [6.07, 6.45) is 4.70. The zero-order valence-corrected chi connectivity index (χ0v) is 8.12. The van der Waals surface area contributed by atoms with Crippen LogP contribution in [0.4, 0.5) is 5.82 Å². The number of anilines is 1. The molecule has 13 heavy (non-hydrogen) atoms. The fourth-order valence-corrected chi connectivity index (χ4v) is 0.735. The molecule has 0 saturated heterocycles. The van der Waals surface area contributed by atoms with Gasteiger partial charge in [0, 0.05) is 0 Å². The van der Waals surface area contributed by atoms with Crippen LogP contribution in [0.25, 0.3) is 12.2 Å². The molecule has 0 amide bonds. The molecular formula is C10H15N3. The molecule has 0 radical (unpaired) electrons. The number of rotatable bonds is 2. The second-order valence-electron chi connectivity index (χ2n) is 1.97. The first-order chi connectivity index (χ1) is 6.27. The topological polar surface area (TPSA) is 51.8 Å². The van der Waals surface area contributed by atoms with E-state index in [4.69, 9.17) is 5.73 Å². The molecule has 3 heteroatoms. The van der Waals surface area contributed by atoms with Crippen molar-refractivity contribution in [2.24, 2.45) is 0 Å². The highest BCUT2D eigenvalue weighted by Crippen LogP contribution is 2.07. The molecular weight excluding hydrogens is 162 g/mol. The van der Waals surface area contributed by atoms with Crippen LogP contribution in [-0.2, 0) is 0 Å². The zero-order valence-electron chi connectivity index (χ0n) is 8.12. The Kier molecular flexibility index (Phi) is 5.19. The Labute approximate surface area is 79.0 Å². The molecule has 1 heterocycles. The van der Waals surface area contributed by atoms with Gasteiger partial charge in [0.15, 0.2) is 0 Å². The van der Waals surface area contributed by atoms with E-state index in [2.05, 4.69) is 23.1 Å². The summed E-state index contributed by atoms with van der Waals surface area (Å²) in [5, 5.41) is 0. The summed E-state index contributed by atoms with van der Waals surface area (Å²) < 4.78 is 0. The number of hydrogen-bond acceptors (Lipinski definition) is 3. The molecule has 1 aromatic rings. The standard InChI is InChI=1S/C8H9N3.C2H6/c1-3-6-7(4-2)11-8(9)5-10-6;1-2/h3-5H,1-2H2,(H2,9,11);1-2H3. The molecule has 0 aliphatic rings. The Hall–Kier alpha value is -1.64. The van der Waals surface area contributed by atoms with Crippen molar-refractivity contribution in [2.45, 2.75) is 13.8 Å². The van der Waals surface area contributed by atoms with Crippen LogP contribution < -0.4 is 5.73 Å². The van der Waals surface area contributed by atoms with E-state index in [-0.39, 0.29) is 0 Å². The van der Waals surface area contributed by atoms with E-state index in [1.165, 1.54) is 6.20 Å². The van der Waals surface area contributed by atoms with Gasteiger partial charge in [-0.25, -0.2) is 4.98 Å². The molecule has 0 bridgehead atoms. The summed E-state index contributed by atoms with van der Waals surface area (Å²) in [6, 6.07) is 0. The third-order valence-electron chi connectivity index (χ3n) is 1.23. The van der Waals surface area contributed by atoms with Crippen LogP contribution in [-0.4, -0.2) is 9.97 Å². The Morgan fingerprint density at radius 2 is 1.77 bits per heavy atom. The predicted octanol–water partition coefficient (Wildman–Crippen LogP) is 2.37. The number of aromatic nitrogens is 2. The van der Waals surface area contributed by atoms with E-state index in [0.29, 0.717) is 17.2 Å². The number of nitrogens with zero attached hydrogens (tertiary/aromatic N) is 2. The van der Waals surface area contributed by atoms with Crippen molar-refractivity contribution in [3.8, 4) is 0 Å². The van der Waals surface area contributed by atoms with Gasteiger partial charge in [0.05, 0.1) is 17.6 Å². The normalized spacial score (nSPS) is 8.15. The van der Waals surface area contributed by atoms with E-state index in [9.17, 15) is 0 Å². The molecule has 1 rings (SSSR count).